The third-order valence-electron chi connectivity index (χ3n) is 4.53. The van der Waals surface area contributed by atoms with Gasteiger partial charge in [0.2, 0.25) is 15.9 Å². The summed E-state index contributed by atoms with van der Waals surface area (Å²) in [4.78, 5) is 22.7. The van der Waals surface area contributed by atoms with Gasteiger partial charge in [-0.2, -0.15) is 0 Å². The Balaban J connectivity index is 1.50. The zero-order valence-electron chi connectivity index (χ0n) is 14.0. The van der Waals surface area contributed by atoms with Crippen molar-refractivity contribution in [2.75, 3.05) is 6.54 Å². The Morgan fingerprint density at radius 1 is 1.08 bits per heavy atom. The van der Waals surface area contributed by atoms with Crippen LogP contribution < -0.4 is 10.0 Å². The molecule has 1 aliphatic carbocycles. The van der Waals surface area contributed by atoms with Gasteiger partial charge in [0.25, 0.3) is 0 Å². The molecule has 1 amide bonds. The van der Waals surface area contributed by atoms with Crippen molar-refractivity contribution >= 4 is 32.7 Å². The molecule has 0 unspecified atom stereocenters. The lowest BCUT2D eigenvalue weighted by molar-refractivity contribution is -0.146. The third kappa shape index (κ3) is 4.20. The van der Waals surface area contributed by atoms with Gasteiger partial charge in [-0.25, -0.2) is 13.1 Å². The molecule has 0 atom stereocenters. The zero-order chi connectivity index (χ0) is 18.7. The second kappa shape index (κ2) is 7.43. The van der Waals surface area contributed by atoms with Gasteiger partial charge in [0.1, 0.15) is 0 Å². The lowest BCUT2D eigenvalue weighted by atomic mass is 9.80. The molecule has 0 saturated heterocycles. The number of nitrogens with one attached hydrogen (secondary N) is 2. The fraction of sp³-hybridized carbons (Fsp3) is 0.333. The van der Waals surface area contributed by atoms with Crippen molar-refractivity contribution in [2.24, 2.45) is 5.92 Å². The first-order chi connectivity index (χ1) is 12.3. The number of carbonyl (C=O) groups is 2. The molecule has 2 aromatic carbocycles. The first kappa shape index (κ1) is 18.3. The van der Waals surface area contributed by atoms with E-state index in [-0.39, 0.29) is 29.8 Å². The molecule has 26 heavy (non-hydrogen) atoms. The third-order valence-corrected chi connectivity index (χ3v) is 5.99. The zero-order valence-corrected chi connectivity index (χ0v) is 14.8. The molecular weight excluding hydrogens is 356 g/mol. The van der Waals surface area contributed by atoms with Gasteiger partial charge in [-0.05, 0) is 35.7 Å². The summed E-state index contributed by atoms with van der Waals surface area (Å²) >= 11 is 0. The van der Waals surface area contributed by atoms with Crippen molar-refractivity contribution in [2.45, 2.75) is 30.2 Å². The van der Waals surface area contributed by atoms with E-state index in [0.717, 1.165) is 10.8 Å². The number of carbonyl (C=O) groups excluding carboxylic acids is 1. The van der Waals surface area contributed by atoms with E-state index in [1.807, 2.05) is 24.3 Å². The van der Waals surface area contributed by atoms with Gasteiger partial charge >= 0.3 is 5.97 Å². The van der Waals surface area contributed by atoms with Gasteiger partial charge in [0.05, 0.1) is 10.8 Å². The van der Waals surface area contributed by atoms with Crippen LogP contribution in [0.3, 0.4) is 0 Å². The second-order valence-electron chi connectivity index (χ2n) is 6.43. The molecule has 7 nitrogen and oxygen atoms in total. The van der Waals surface area contributed by atoms with E-state index < -0.39 is 21.9 Å². The molecule has 8 heteroatoms. The molecule has 1 saturated carbocycles. The molecule has 0 heterocycles. The van der Waals surface area contributed by atoms with E-state index >= 15 is 0 Å². The number of carboxylic acids is 1. The van der Waals surface area contributed by atoms with Crippen molar-refractivity contribution in [3.8, 4) is 0 Å². The number of rotatable bonds is 7. The van der Waals surface area contributed by atoms with Crippen LogP contribution in [0.4, 0.5) is 0 Å². The van der Waals surface area contributed by atoms with Crippen molar-refractivity contribution in [3.63, 3.8) is 0 Å². The number of benzene rings is 2. The molecule has 0 bridgehead atoms. The van der Waals surface area contributed by atoms with E-state index in [1.165, 1.54) is 6.07 Å². The highest BCUT2D eigenvalue weighted by Crippen LogP contribution is 2.27. The minimum absolute atomic E-state index is 0.00104. The number of aliphatic carboxylic acids is 1. The van der Waals surface area contributed by atoms with Crippen LogP contribution in [-0.2, 0) is 19.6 Å². The second-order valence-corrected chi connectivity index (χ2v) is 8.19. The molecule has 0 spiro atoms. The fourth-order valence-corrected chi connectivity index (χ4v) is 4.02. The lowest BCUT2D eigenvalue weighted by Gasteiger charge is -2.32. The van der Waals surface area contributed by atoms with Gasteiger partial charge < -0.3 is 10.4 Å². The molecule has 1 aliphatic rings. The highest BCUT2D eigenvalue weighted by molar-refractivity contribution is 7.89. The molecule has 3 rings (SSSR count). The fourth-order valence-electron chi connectivity index (χ4n) is 2.95. The molecule has 0 aromatic heterocycles. The average Bonchev–Trinajstić information content (AvgIpc) is 2.56. The first-order valence-electron chi connectivity index (χ1n) is 8.36. The summed E-state index contributed by atoms with van der Waals surface area (Å²) in [5.41, 5.74) is 0. The van der Waals surface area contributed by atoms with Gasteiger partial charge in [0.15, 0.2) is 0 Å². The van der Waals surface area contributed by atoms with Crippen molar-refractivity contribution < 1.29 is 23.1 Å². The molecule has 0 radical (unpaired) electrons. The predicted octanol–water partition coefficient (Wildman–Crippen LogP) is 1.49. The topological polar surface area (TPSA) is 113 Å². The highest BCUT2D eigenvalue weighted by atomic mass is 32.2. The molecule has 138 valence electrons. The van der Waals surface area contributed by atoms with Crippen molar-refractivity contribution in [3.05, 3.63) is 42.5 Å². The standard InChI is InChI=1S/C18H20N2O5S/c21-17(20-15-9-14(10-15)18(22)23)7-8-19-26(24,25)16-6-5-12-3-1-2-4-13(12)11-16/h1-6,11,14-15,19H,7-10H2,(H,20,21)(H,22,23). The maximum Gasteiger partial charge on any atom is 0.306 e. The normalized spacial score (nSPS) is 19.7. The maximum atomic E-state index is 12.4. The summed E-state index contributed by atoms with van der Waals surface area (Å²) in [6.45, 7) is -0.0178. The number of fused-ring (bicyclic) bond motifs is 1. The Labute approximate surface area is 151 Å². The van der Waals surface area contributed by atoms with Gasteiger partial charge in [-0.1, -0.05) is 30.3 Å². The molecule has 1 fully saturated rings. The Kier molecular flexibility index (Phi) is 5.24. The highest BCUT2D eigenvalue weighted by Gasteiger charge is 2.35. The van der Waals surface area contributed by atoms with Gasteiger partial charge in [0, 0.05) is 19.0 Å². The first-order valence-corrected chi connectivity index (χ1v) is 9.84. The van der Waals surface area contributed by atoms with Crippen LogP contribution in [-0.4, -0.2) is 38.0 Å². The smallest absolute Gasteiger partial charge is 0.306 e. The van der Waals surface area contributed by atoms with Crippen LogP contribution in [0.2, 0.25) is 0 Å². The molecular formula is C18H20N2O5S. The molecule has 0 aliphatic heterocycles. The van der Waals surface area contributed by atoms with Crippen molar-refractivity contribution in [1.29, 1.82) is 0 Å². The Morgan fingerprint density at radius 2 is 1.77 bits per heavy atom. The molecule has 2 aromatic rings. The van der Waals surface area contributed by atoms with Crippen LogP contribution in [0.5, 0.6) is 0 Å². The number of carboxylic acid groups (broad SMARTS) is 1. The van der Waals surface area contributed by atoms with E-state index in [1.54, 1.807) is 12.1 Å². The van der Waals surface area contributed by atoms with Crippen LogP contribution in [0, 0.1) is 5.92 Å². The van der Waals surface area contributed by atoms with Crippen molar-refractivity contribution in [1.82, 2.24) is 10.0 Å². The summed E-state index contributed by atoms with van der Waals surface area (Å²) in [7, 11) is -3.70. The lowest BCUT2D eigenvalue weighted by Crippen LogP contribution is -2.47. The Morgan fingerprint density at radius 3 is 2.46 bits per heavy atom. The van der Waals surface area contributed by atoms with E-state index in [4.69, 9.17) is 5.11 Å². The summed E-state index contributed by atoms with van der Waals surface area (Å²) in [5, 5.41) is 13.3. The summed E-state index contributed by atoms with van der Waals surface area (Å²) in [6.07, 6.45) is 0.842. The van der Waals surface area contributed by atoms with Crippen LogP contribution >= 0.6 is 0 Å². The van der Waals surface area contributed by atoms with E-state index in [2.05, 4.69) is 10.0 Å². The van der Waals surface area contributed by atoms with E-state index in [9.17, 15) is 18.0 Å². The van der Waals surface area contributed by atoms with Crippen LogP contribution in [0.1, 0.15) is 19.3 Å². The number of amides is 1. The molecule has 3 N–H and O–H groups in total. The summed E-state index contributed by atoms with van der Waals surface area (Å²) in [6, 6.07) is 12.2. The maximum absolute atomic E-state index is 12.4. The average molecular weight is 376 g/mol. The monoisotopic (exact) mass is 376 g/mol. The van der Waals surface area contributed by atoms with Crippen LogP contribution in [0.15, 0.2) is 47.4 Å². The SMILES string of the molecule is O=C(CCNS(=O)(=O)c1ccc2ccccc2c1)NC1CC(C(=O)O)C1. The van der Waals surface area contributed by atoms with E-state index in [0.29, 0.717) is 12.8 Å². The van der Waals surface area contributed by atoms with Gasteiger partial charge in [-0.15, -0.1) is 0 Å². The van der Waals surface area contributed by atoms with Gasteiger partial charge in [-0.3, -0.25) is 9.59 Å². The minimum atomic E-state index is -3.70. The number of hydrogen-bond donors (Lipinski definition) is 3. The minimum Gasteiger partial charge on any atom is -0.481 e. The largest absolute Gasteiger partial charge is 0.481 e. The summed E-state index contributed by atoms with van der Waals surface area (Å²) < 4.78 is 27.1. The Bertz CT molecular complexity index is 936. The van der Waals surface area contributed by atoms with Crippen LogP contribution in [0.25, 0.3) is 10.8 Å². The predicted molar refractivity (Wildman–Crippen MR) is 96.0 cm³/mol. The number of sulfonamides is 1. The summed E-state index contributed by atoms with van der Waals surface area (Å²) in [5.74, 6) is -1.54. The number of hydrogen-bond acceptors (Lipinski definition) is 4. The Hall–Kier alpha value is -2.45. The quantitative estimate of drug-likeness (QED) is 0.678.